The van der Waals surface area contributed by atoms with Gasteiger partial charge in [0.25, 0.3) is 0 Å². The molecule has 0 spiro atoms. The van der Waals surface area contributed by atoms with E-state index in [1.54, 1.807) is 0 Å². The zero-order chi connectivity index (χ0) is 42.6. The van der Waals surface area contributed by atoms with Crippen LogP contribution in [0.25, 0.3) is 133 Å². The smallest absolute Gasteiger partial charge is 0.164 e. The molecule has 0 saturated heterocycles. The van der Waals surface area contributed by atoms with Gasteiger partial charge in [-0.2, -0.15) is 0 Å². The minimum atomic E-state index is 0.596. The van der Waals surface area contributed by atoms with Gasteiger partial charge in [0.15, 0.2) is 17.5 Å². The van der Waals surface area contributed by atoms with Crippen molar-refractivity contribution in [1.29, 1.82) is 0 Å². The number of para-hydroxylation sites is 3. The third-order valence-electron chi connectivity index (χ3n) is 13.1. The molecule has 4 aromatic heterocycles. The van der Waals surface area contributed by atoms with Gasteiger partial charge in [0, 0.05) is 49.3 Å². The zero-order valence-electron chi connectivity index (χ0n) is 34.9. The summed E-state index contributed by atoms with van der Waals surface area (Å²) in [5, 5.41) is 11.5. The third kappa shape index (κ3) is 5.44. The summed E-state index contributed by atoms with van der Waals surface area (Å²) in [5.41, 5.74) is 11.1. The number of hydrogen-bond donors (Lipinski definition) is 0. The van der Waals surface area contributed by atoms with Gasteiger partial charge >= 0.3 is 0 Å². The molecule has 0 aliphatic rings. The second-order valence-electron chi connectivity index (χ2n) is 16.8. The maximum Gasteiger partial charge on any atom is 0.164 e. The molecular formula is C59H35N5O. The molecule has 0 aliphatic heterocycles. The van der Waals surface area contributed by atoms with E-state index in [0.29, 0.717) is 17.5 Å². The standard InChI is InChI=1S/C59H35N5O/c1-3-14-37(15-4-1)57-60-58(62-59(61-57)41-28-30-45-43-20-9-11-22-48(43)63(51(45)35-41)42-18-5-2-6-19-42)40-27-26-36-29-31-54-55(46(36)33-40)56-50(24-13-25-53(56)65-54)64-49-23-12-10-21-44(49)47-32-38-16-7-8-17-39(38)34-52(47)64/h1-35H. The van der Waals surface area contributed by atoms with Crippen molar-refractivity contribution in [3.8, 4) is 45.5 Å². The van der Waals surface area contributed by atoms with E-state index in [2.05, 4.69) is 203 Å². The van der Waals surface area contributed by atoms with Crippen LogP contribution in [0.15, 0.2) is 217 Å². The second-order valence-corrected chi connectivity index (χ2v) is 16.8. The number of aromatic nitrogens is 5. The van der Waals surface area contributed by atoms with Crippen molar-refractivity contribution in [3.63, 3.8) is 0 Å². The number of hydrogen-bond acceptors (Lipinski definition) is 4. The summed E-state index contributed by atoms with van der Waals surface area (Å²) in [4.78, 5) is 15.7. The molecule has 0 unspecified atom stereocenters. The van der Waals surface area contributed by atoms with E-state index in [0.717, 1.165) is 82.8 Å². The number of rotatable bonds is 5. The van der Waals surface area contributed by atoms with E-state index in [4.69, 9.17) is 19.4 Å². The van der Waals surface area contributed by atoms with E-state index in [9.17, 15) is 0 Å². The highest BCUT2D eigenvalue weighted by atomic mass is 16.3. The van der Waals surface area contributed by atoms with Crippen LogP contribution in [0.4, 0.5) is 0 Å². The van der Waals surface area contributed by atoms with Crippen molar-refractivity contribution in [2.75, 3.05) is 0 Å². The predicted octanol–water partition coefficient (Wildman–Crippen LogP) is 15.3. The number of nitrogens with zero attached hydrogens (tertiary/aromatic N) is 5. The van der Waals surface area contributed by atoms with Crippen LogP contribution < -0.4 is 0 Å². The molecule has 65 heavy (non-hydrogen) atoms. The molecule has 302 valence electrons. The molecule has 4 heterocycles. The number of benzene rings is 10. The molecule has 6 heteroatoms. The fourth-order valence-electron chi connectivity index (χ4n) is 10.2. The zero-order valence-corrected chi connectivity index (χ0v) is 34.9. The normalized spacial score (nSPS) is 12.0. The van der Waals surface area contributed by atoms with Crippen LogP contribution in [0.2, 0.25) is 0 Å². The molecule has 0 amide bonds. The first-order chi connectivity index (χ1) is 32.2. The first-order valence-corrected chi connectivity index (χ1v) is 21.9. The van der Waals surface area contributed by atoms with Gasteiger partial charge in [0.2, 0.25) is 0 Å². The number of furan rings is 1. The lowest BCUT2D eigenvalue weighted by atomic mass is 10.00. The monoisotopic (exact) mass is 829 g/mol. The topological polar surface area (TPSA) is 61.7 Å². The van der Waals surface area contributed by atoms with Crippen molar-refractivity contribution < 1.29 is 4.42 Å². The average Bonchev–Trinajstić information content (AvgIpc) is 4.03. The van der Waals surface area contributed by atoms with E-state index < -0.39 is 0 Å². The lowest BCUT2D eigenvalue weighted by molar-refractivity contribution is 0.669. The quantitative estimate of drug-likeness (QED) is 0.173. The Balaban J connectivity index is 1.00. The Labute approximate surface area is 371 Å². The van der Waals surface area contributed by atoms with Gasteiger partial charge in [-0.3, -0.25) is 0 Å². The van der Waals surface area contributed by atoms with E-state index in [1.165, 1.54) is 32.3 Å². The van der Waals surface area contributed by atoms with Crippen molar-refractivity contribution >= 4 is 87.1 Å². The van der Waals surface area contributed by atoms with Crippen LogP contribution >= 0.6 is 0 Å². The van der Waals surface area contributed by atoms with E-state index in [-0.39, 0.29) is 0 Å². The summed E-state index contributed by atoms with van der Waals surface area (Å²) in [6, 6.07) is 75.0. The highest BCUT2D eigenvalue weighted by Crippen LogP contribution is 2.43. The maximum atomic E-state index is 6.74. The lowest BCUT2D eigenvalue weighted by Gasteiger charge is -2.12. The Morgan fingerprint density at radius 2 is 0.877 bits per heavy atom. The van der Waals surface area contributed by atoms with Gasteiger partial charge in [-0.1, -0.05) is 146 Å². The second kappa shape index (κ2) is 13.8. The van der Waals surface area contributed by atoms with Crippen LogP contribution in [-0.4, -0.2) is 24.1 Å². The van der Waals surface area contributed by atoms with Crippen LogP contribution in [0.3, 0.4) is 0 Å². The Hall–Kier alpha value is -8.87. The Bertz CT molecular complexity index is 4240. The van der Waals surface area contributed by atoms with Crippen LogP contribution in [0.5, 0.6) is 0 Å². The molecule has 0 saturated carbocycles. The number of fused-ring (bicyclic) bond motifs is 12. The fourth-order valence-corrected chi connectivity index (χ4v) is 10.2. The van der Waals surface area contributed by atoms with Gasteiger partial charge in [-0.15, -0.1) is 0 Å². The summed E-state index contributed by atoms with van der Waals surface area (Å²) in [5.74, 6) is 1.81. The Morgan fingerprint density at radius 3 is 1.66 bits per heavy atom. The molecule has 10 aromatic carbocycles. The van der Waals surface area contributed by atoms with Crippen LogP contribution in [0, 0.1) is 0 Å². The van der Waals surface area contributed by atoms with Gasteiger partial charge in [0.1, 0.15) is 11.2 Å². The summed E-state index contributed by atoms with van der Waals surface area (Å²) in [7, 11) is 0. The highest BCUT2D eigenvalue weighted by Gasteiger charge is 2.21. The highest BCUT2D eigenvalue weighted by molar-refractivity contribution is 6.23. The van der Waals surface area contributed by atoms with Crippen LogP contribution in [0.1, 0.15) is 0 Å². The Kier molecular flexibility index (Phi) is 7.59. The summed E-state index contributed by atoms with van der Waals surface area (Å²) in [6.45, 7) is 0. The van der Waals surface area contributed by atoms with Gasteiger partial charge in [0.05, 0.1) is 33.1 Å². The third-order valence-corrected chi connectivity index (χ3v) is 13.1. The molecular weight excluding hydrogens is 795 g/mol. The predicted molar refractivity (Wildman–Crippen MR) is 267 cm³/mol. The van der Waals surface area contributed by atoms with Crippen molar-refractivity contribution in [2.45, 2.75) is 0 Å². The molecule has 14 aromatic rings. The summed E-state index contributed by atoms with van der Waals surface area (Å²) >= 11 is 0. The van der Waals surface area contributed by atoms with Gasteiger partial charge in [-0.25, -0.2) is 15.0 Å². The molecule has 0 aliphatic carbocycles. The fraction of sp³-hybridized carbons (Fsp3) is 0. The molecule has 14 rings (SSSR count). The summed E-state index contributed by atoms with van der Waals surface area (Å²) in [6.07, 6.45) is 0. The largest absolute Gasteiger partial charge is 0.456 e. The van der Waals surface area contributed by atoms with Crippen LogP contribution in [-0.2, 0) is 0 Å². The minimum Gasteiger partial charge on any atom is -0.456 e. The maximum absolute atomic E-state index is 6.74. The van der Waals surface area contributed by atoms with Crippen molar-refractivity contribution in [2.24, 2.45) is 0 Å². The van der Waals surface area contributed by atoms with Crippen molar-refractivity contribution in [3.05, 3.63) is 212 Å². The SMILES string of the molecule is c1ccc(-c2nc(-c3ccc4ccc5oc6cccc(-n7c8ccccc8c8cc9ccccc9cc87)c6c5c4c3)nc(-c3ccc4c5ccccc5n(-c5ccccc5)c4c3)n2)cc1. The average molecular weight is 830 g/mol. The minimum absolute atomic E-state index is 0.596. The molecule has 6 nitrogen and oxygen atoms in total. The van der Waals surface area contributed by atoms with Crippen molar-refractivity contribution in [1.82, 2.24) is 24.1 Å². The molecule has 0 fully saturated rings. The Morgan fingerprint density at radius 1 is 0.308 bits per heavy atom. The molecule has 0 N–H and O–H groups in total. The van der Waals surface area contributed by atoms with E-state index in [1.807, 2.05) is 18.2 Å². The van der Waals surface area contributed by atoms with E-state index >= 15 is 0 Å². The first kappa shape index (κ1) is 35.7. The molecule has 0 bridgehead atoms. The molecule has 0 atom stereocenters. The molecule has 0 radical (unpaired) electrons. The first-order valence-electron chi connectivity index (χ1n) is 21.9. The van der Waals surface area contributed by atoms with Gasteiger partial charge < -0.3 is 13.6 Å². The summed E-state index contributed by atoms with van der Waals surface area (Å²) < 4.78 is 11.5. The van der Waals surface area contributed by atoms with Gasteiger partial charge in [-0.05, 0) is 88.3 Å². The lowest BCUT2D eigenvalue weighted by Crippen LogP contribution is -2.00.